The number of carbonyl (C=O) groups is 1. The van der Waals surface area contributed by atoms with E-state index >= 15 is 0 Å². The summed E-state index contributed by atoms with van der Waals surface area (Å²) >= 11 is 0. The summed E-state index contributed by atoms with van der Waals surface area (Å²) in [5.41, 5.74) is 1.41. The van der Waals surface area contributed by atoms with Crippen molar-refractivity contribution in [2.45, 2.75) is 63.5 Å². The first-order chi connectivity index (χ1) is 14.2. The lowest BCUT2D eigenvalue weighted by Gasteiger charge is -2.38. The Kier molecular flexibility index (Phi) is 6.49. The molecule has 1 aromatic heterocycles. The number of ether oxygens (including phenoxy) is 1. The van der Waals surface area contributed by atoms with E-state index in [-0.39, 0.29) is 11.9 Å². The van der Waals surface area contributed by atoms with Crippen molar-refractivity contribution in [2.24, 2.45) is 0 Å². The van der Waals surface area contributed by atoms with Crippen molar-refractivity contribution in [2.75, 3.05) is 20.2 Å². The average Bonchev–Trinajstić information content (AvgIpc) is 3.09. The number of carbonyl (C=O) groups excluding carboxylic acids is 1. The van der Waals surface area contributed by atoms with Gasteiger partial charge in [0.15, 0.2) is 0 Å². The molecule has 0 unspecified atom stereocenters. The van der Waals surface area contributed by atoms with Crippen molar-refractivity contribution in [1.82, 2.24) is 20.0 Å². The number of nitrogens with one attached hydrogen (secondary N) is 1. The van der Waals surface area contributed by atoms with Gasteiger partial charge in [0.05, 0.1) is 18.9 Å². The Morgan fingerprint density at radius 2 is 1.90 bits per heavy atom. The van der Waals surface area contributed by atoms with E-state index in [1.165, 1.54) is 45.1 Å². The summed E-state index contributed by atoms with van der Waals surface area (Å²) in [5.74, 6) is 0.688. The van der Waals surface area contributed by atoms with Gasteiger partial charge in [-0.15, -0.1) is 0 Å². The molecule has 0 spiro atoms. The zero-order chi connectivity index (χ0) is 20.1. The molecule has 1 aromatic carbocycles. The first-order valence-electron chi connectivity index (χ1n) is 11.0. The minimum absolute atomic E-state index is 0.0427. The number of hydrogen-bond acceptors (Lipinski definition) is 4. The van der Waals surface area contributed by atoms with E-state index in [4.69, 9.17) is 4.74 Å². The zero-order valence-corrected chi connectivity index (χ0v) is 17.3. The molecule has 1 aliphatic heterocycles. The maximum atomic E-state index is 12.8. The van der Waals surface area contributed by atoms with Crippen molar-refractivity contribution >= 4 is 5.91 Å². The molecule has 2 fully saturated rings. The van der Waals surface area contributed by atoms with Gasteiger partial charge in [0.1, 0.15) is 11.4 Å². The highest BCUT2D eigenvalue weighted by atomic mass is 16.5. The fraction of sp³-hybridized carbons (Fsp3) is 0.565. The molecule has 6 nitrogen and oxygen atoms in total. The first-order valence-corrected chi connectivity index (χ1v) is 11.0. The number of para-hydroxylation sites is 2. The van der Waals surface area contributed by atoms with Crippen LogP contribution >= 0.6 is 0 Å². The number of rotatable bonds is 5. The van der Waals surface area contributed by atoms with E-state index in [1.807, 2.05) is 24.3 Å². The molecule has 2 heterocycles. The summed E-state index contributed by atoms with van der Waals surface area (Å²) < 4.78 is 7.10. The summed E-state index contributed by atoms with van der Waals surface area (Å²) in [6.07, 6.45) is 13.7. The second-order valence-corrected chi connectivity index (χ2v) is 8.30. The number of hydrogen-bond donors (Lipinski definition) is 1. The third-order valence-corrected chi connectivity index (χ3v) is 6.31. The Balaban J connectivity index is 1.38. The molecule has 2 aliphatic rings. The highest BCUT2D eigenvalue weighted by Crippen LogP contribution is 2.25. The molecular weight excluding hydrogens is 364 g/mol. The number of likely N-dealkylation sites (tertiary alicyclic amines) is 1. The van der Waals surface area contributed by atoms with Crippen molar-refractivity contribution < 1.29 is 9.53 Å². The lowest BCUT2D eigenvalue weighted by Crippen LogP contribution is -2.50. The smallest absolute Gasteiger partial charge is 0.254 e. The van der Waals surface area contributed by atoms with Gasteiger partial charge in [-0.1, -0.05) is 37.8 Å². The molecule has 2 aromatic rings. The Hall–Kier alpha value is -2.34. The molecule has 1 N–H and O–H groups in total. The molecule has 156 valence electrons. The Morgan fingerprint density at radius 1 is 1.10 bits per heavy atom. The molecule has 1 saturated heterocycles. The average molecular weight is 397 g/mol. The summed E-state index contributed by atoms with van der Waals surface area (Å²) in [6.45, 7) is 2.14. The molecular formula is C23H32N4O2. The van der Waals surface area contributed by atoms with Crippen LogP contribution in [-0.4, -0.2) is 52.9 Å². The highest BCUT2D eigenvalue weighted by molar-refractivity contribution is 5.94. The van der Waals surface area contributed by atoms with Crippen LogP contribution in [0.4, 0.5) is 0 Å². The van der Waals surface area contributed by atoms with Gasteiger partial charge in [0.2, 0.25) is 0 Å². The SMILES string of the molecule is COc1ccccc1-n1cc(C(=O)N[C@H]2CCCN(C3CCCCCC3)C2)cn1. The molecule has 1 aliphatic carbocycles. The van der Waals surface area contributed by atoms with Gasteiger partial charge < -0.3 is 10.1 Å². The van der Waals surface area contributed by atoms with Gasteiger partial charge in [0.25, 0.3) is 5.91 Å². The molecule has 0 bridgehead atoms. The zero-order valence-electron chi connectivity index (χ0n) is 17.3. The lowest BCUT2D eigenvalue weighted by atomic mass is 9.99. The number of nitrogens with zero attached hydrogens (tertiary/aromatic N) is 3. The third-order valence-electron chi connectivity index (χ3n) is 6.31. The Labute approximate surface area is 173 Å². The molecule has 1 saturated carbocycles. The fourth-order valence-corrected chi connectivity index (χ4v) is 4.74. The molecule has 29 heavy (non-hydrogen) atoms. The van der Waals surface area contributed by atoms with Crippen LogP contribution in [-0.2, 0) is 0 Å². The standard InChI is InChI=1S/C23H32N4O2/c1-29-22-13-7-6-12-21(22)27-16-18(15-24-27)23(28)25-19-9-8-14-26(17-19)20-10-4-2-3-5-11-20/h6-7,12-13,15-16,19-20H,2-5,8-11,14,17H2,1H3,(H,25,28)/t19-/m0/s1. The fourth-order valence-electron chi connectivity index (χ4n) is 4.74. The van der Waals surface area contributed by atoms with Crippen LogP contribution < -0.4 is 10.1 Å². The number of aromatic nitrogens is 2. The second kappa shape index (κ2) is 9.44. The van der Waals surface area contributed by atoms with E-state index in [0.717, 1.165) is 30.8 Å². The minimum Gasteiger partial charge on any atom is -0.494 e. The van der Waals surface area contributed by atoms with Gasteiger partial charge in [0, 0.05) is 24.8 Å². The minimum atomic E-state index is -0.0427. The maximum Gasteiger partial charge on any atom is 0.254 e. The maximum absolute atomic E-state index is 12.8. The van der Waals surface area contributed by atoms with E-state index in [9.17, 15) is 4.79 Å². The van der Waals surface area contributed by atoms with E-state index in [1.54, 1.807) is 24.2 Å². The van der Waals surface area contributed by atoms with E-state index < -0.39 is 0 Å². The number of amides is 1. The van der Waals surface area contributed by atoms with Crippen LogP contribution in [0.1, 0.15) is 61.7 Å². The van der Waals surface area contributed by atoms with Gasteiger partial charge in [-0.2, -0.15) is 5.10 Å². The van der Waals surface area contributed by atoms with Crippen molar-refractivity contribution in [3.63, 3.8) is 0 Å². The first kappa shape index (κ1) is 20.0. The third kappa shape index (κ3) is 4.81. The van der Waals surface area contributed by atoms with Crippen LogP contribution in [0.25, 0.3) is 5.69 Å². The predicted molar refractivity (Wildman–Crippen MR) is 114 cm³/mol. The van der Waals surface area contributed by atoms with Crippen LogP contribution in [0.3, 0.4) is 0 Å². The summed E-state index contributed by atoms with van der Waals surface area (Å²) in [5, 5.41) is 7.62. The normalized spacial score (nSPS) is 21.5. The second-order valence-electron chi connectivity index (χ2n) is 8.30. The summed E-state index contributed by atoms with van der Waals surface area (Å²) in [4.78, 5) is 15.5. The summed E-state index contributed by atoms with van der Waals surface area (Å²) in [7, 11) is 1.64. The Bertz CT molecular complexity index is 811. The van der Waals surface area contributed by atoms with Crippen LogP contribution in [0.2, 0.25) is 0 Å². The predicted octanol–water partition coefficient (Wildman–Crippen LogP) is 3.80. The van der Waals surface area contributed by atoms with Crippen molar-refractivity contribution in [1.29, 1.82) is 0 Å². The molecule has 4 rings (SSSR count). The Morgan fingerprint density at radius 3 is 2.69 bits per heavy atom. The molecule has 1 atom stereocenters. The monoisotopic (exact) mass is 396 g/mol. The summed E-state index contributed by atoms with van der Waals surface area (Å²) in [6, 6.07) is 8.59. The van der Waals surface area contributed by atoms with Gasteiger partial charge in [-0.3, -0.25) is 9.69 Å². The molecule has 1 amide bonds. The van der Waals surface area contributed by atoms with Crippen LogP contribution in [0, 0.1) is 0 Å². The lowest BCUT2D eigenvalue weighted by molar-refractivity contribution is 0.0860. The number of benzene rings is 1. The number of methoxy groups -OCH3 is 1. The highest BCUT2D eigenvalue weighted by Gasteiger charge is 2.27. The van der Waals surface area contributed by atoms with Crippen molar-refractivity contribution in [3.05, 3.63) is 42.2 Å². The largest absolute Gasteiger partial charge is 0.494 e. The van der Waals surface area contributed by atoms with Crippen LogP contribution in [0.15, 0.2) is 36.7 Å². The topological polar surface area (TPSA) is 59.4 Å². The van der Waals surface area contributed by atoms with Gasteiger partial charge in [-0.05, 0) is 44.4 Å². The van der Waals surface area contributed by atoms with Gasteiger partial charge >= 0.3 is 0 Å². The molecule has 6 heteroatoms. The quantitative estimate of drug-likeness (QED) is 0.781. The number of piperidine rings is 1. The van der Waals surface area contributed by atoms with E-state index in [2.05, 4.69) is 15.3 Å². The van der Waals surface area contributed by atoms with Crippen molar-refractivity contribution in [3.8, 4) is 11.4 Å². The van der Waals surface area contributed by atoms with Crippen LogP contribution in [0.5, 0.6) is 5.75 Å². The van der Waals surface area contributed by atoms with E-state index in [0.29, 0.717) is 11.6 Å². The van der Waals surface area contributed by atoms with Gasteiger partial charge in [-0.25, -0.2) is 4.68 Å². The molecule has 0 radical (unpaired) electrons.